The lowest BCUT2D eigenvalue weighted by atomic mass is 9.94. The molecule has 0 unspecified atom stereocenters. The van der Waals surface area contributed by atoms with Crippen molar-refractivity contribution in [1.29, 1.82) is 0 Å². The van der Waals surface area contributed by atoms with Gasteiger partial charge in [0, 0.05) is 19.0 Å². The number of carbonyl (C=O) groups is 1. The molecular weight excluding hydrogens is 300 g/mol. The molecule has 116 valence electrons. The summed E-state index contributed by atoms with van der Waals surface area (Å²) in [4.78, 5) is 16.6. The second-order valence-corrected chi connectivity index (χ2v) is 6.41. The molecule has 0 N–H and O–H groups in total. The number of carbonyl (C=O) groups excluding carboxylic acids is 1. The van der Waals surface area contributed by atoms with E-state index in [4.69, 9.17) is 21.7 Å². The van der Waals surface area contributed by atoms with E-state index in [1.54, 1.807) is 14.2 Å². The molecule has 0 bridgehead atoms. The Hall–Kier alpha value is -1.82. The first-order chi connectivity index (χ1) is 10.6. The molecule has 1 aromatic carbocycles. The van der Waals surface area contributed by atoms with Gasteiger partial charge in [0.15, 0.2) is 16.6 Å². The molecule has 1 aromatic rings. The SMILES string of the molecule is COc1cc2c(cc1OC)CN1C(=S)N(C3CC3)C(=O)[C@H]1C2. The molecule has 1 atom stereocenters. The van der Waals surface area contributed by atoms with Crippen molar-refractivity contribution in [1.82, 2.24) is 9.80 Å². The average Bonchev–Trinajstić information content (AvgIpc) is 3.33. The Morgan fingerprint density at radius 3 is 2.36 bits per heavy atom. The third-order valence-corrected chi connectivity index (χ3v) is 5.15. The summed E-state index contributed by atoms with van der Waals surface area (Å²) in [5.74, 6) is 1.59. The lowest BCUT2D eigenvalue weighted by Crippen LogP contribution is -2.40. The van der Waals surface area contributed by atoms with Crippen molar-refractivity contribution in [3.63, 3.8) is 0 Å². The van der Waals surface area contributed by atoms with E-state index < -0.39 is 0 Å². The van der Waals surface area contributed by atoms with Gasteiger partial charge >= 0.3 is 0 Å². The average molecular weight is 318 g/mol. The van der Waals surface area contributed by atoms with Crippen molar-refractivity contribution in [3.8, 4) is 11.5 Å². The van der Waals surface area contributed by atoms with Crippen molar-refractivity contribution < 1.29 is 14.3 Å². The highest BCUT2D eigenvalue weighted by Gasteiger charge is 2.49. The van der Waals surface area contributed by atoms with E-state index >= 15 is 0 Å². The van der Waals surface area contributed by atoms with E-state index in [1.807, 2.05) is 17.0 Å². The second kappa shape index (κ2) is 4.84. The van der Waals surface area contributed by atoms with Gasteiger partial charge in [0.1, 0.15) is 6.04 Å². The number of thiocarbonyl (C=S) groups is 1. The van der Waals surface area contributed by atoms with Crippen LogP contribution in [0.3, 0.4) is 0 Å². The summed E-state index contributed by atoms with van der Waals surface area (Å²) in [5.41, 5.74) is 2.30. The summed E-state index contributed by atoms with van der Waals surface area (Å²) >= 11 is 5.55. The second-order valence-electron chi connectivity index (χ2n) is 6.05. The normalized spacial score (nSPS) is 23.5. The zero-order chi connectivity index (χ0) is 15.4. The summed E-state index contributed by atoms with van der Waals surface area (Å²) in [6.07, 6.45) is 2.82. The monoisotopic (exact) mass is 318 g/mol. The first kappa shape index (κ1) is 13.8. The fourth-order valence-corrected chi connectivity index (χ4v) is 3.83. The van der Waals surface area contributed by atoms with Gasteiger partial charge in [0.05, 0.1) is 14.2 Å². The van der Waals surface area contributed by atoms with Crippen molar-refractivity contribution >= 4 is 23.2 Å². The summed E-state index contributed by atoms with van der Waals surface area (Å²) in [6, 6.07) is 4.16. The highest BCUT2D eigenvalue weighted by Crippen LogP contribution is 2.39. The minimum absolute atomic E-state index is 0.154. The topological polar surface area (TPSA) is 42.0 Å². The predicted molar refractivity (Wildman–Crippen MR) is 85.0 cm³/mol. The molecule has 0 spiro atoms. The van der Waals surface area contributed by atoms with E-state index in [0.29, 0.717) is 29.9 Å². The first-order valence-corrected chi connectivity index (χ1v) is 7.92. The summed E-state index contributed by atoms with van der Waals surface area (Å²) in [7, 11) is 3.26. The van der Waals surface area contributed by atoms with Crippen molar-refractivity contribution in [2.45, 2.75) is 37.9 Å². The Kier molecular flexibility index (Phi) is 3.04. The minimum atomic E-state index is -0.154. The molecule has 2 heterocycles. The fourth-order valence-electron chi connectivity index (χ4n) is 3.40. The molecule has 6 heteroatoms. The van der Waals surface area contributed by atoms with Crippen LogP contribution < -0.4 is 9.47 Å². The van der Waals surface area contributed by atoms with Crippen LogP contribution in [-0.2, 0) is 17.8 Å². The molecule has 2 fully saturated rings. The van der Waals surface area contributed by atoms with Gasteiger partial charge in [0.2, 0.25) is 0 Å². The Morgan fingerprint density at radius 2 is 1.77 bits per heavy atom. The molecule has 3 aliphatic rings. The van der Waals surface area contributed by atoms with Gasteiger partial charge in [-0.25, -0.2) is 0 Å². The number of hydrogen-bond donors (Lipinski definition) is 0. The van der Waals surface area contributed by atoms with Crippen LogP contribution in [0.2, 0.25) is 0 Å². The Bertz CT molecular complexity index is 621. The summed E-state index contributed by atoms with van der Waals surface area (Å²) in [6.45, 7) is 0.661. The third-order valence-electron chi connectivity index (χ3n) is 4.72. The third kappa shape index (κ3) is 1.90. The lowest BCUT2D eigenvalue weighted by Gasteiger charge is -2.31. The molecule has 1 amide bonds. The number of ether oxygens (including phenoxy) is 2. The summed E-state index contributed by atoms with van der Waals surface area (Å²) in [5, 5.41) is 0.693. The molecule has 0 aromatic heterocycles. The number of hydrogen-bond acceptors (Lipinski definition) is 4. The van der Waals surface area contributed by atoms with Crippen LogP contribution in [0.15, 0.2) is 12.1 Å². The maximum absolute atomic E-state index is 12.7. The molecule has 5 nitrogen and oxygen atoms in total. The zero-order valence-electron chi connectivity index (χ0n) is 12.7. The molecule has 1 saturated carbocycles. The van der Waals surface area contributed by atoms with E-state index in [-0.39, 0.29) is 11.9 Å². The highest BCUT2D eigenvalue weighted by molar-refractivity contribution is 7.80. The molecule has 0 radical (unpaired) electrons. The Balaban J connectivity index is 1.70. The molecule has 22 heavy (non-hydrogen) atoms. The van der Waals surface area contributed by atoms with Crippen LogP contribution in [-0.4, -0.2) is 47.1 Å². The first-order valence-electron chi connectivity index (χ1n) is 7.51. The number of rotatable bonds is 3. The smallest absolute Gasteiger partial charge is 0.252 e. The highest BCUT2D eigenvalue weighted by atomic mass is 32.1. The number of fused-ring (bicyclic) bond motifs is 2. The van der Waals surface area contributed by atoms with Crippen molar-refractivity contribution in [2.75, 3.05) is 14.2 Å². The minimum Gasteiger partial charge on any atom is -0.493 e. The summed E-state index contributed by atoms with van der Waals surface area (Å²) < 4.78 is 10.7. The number of nitrogens with zero attached hydrogens (tertiary/aromatic N) is 2. The van der Waals surface area contributed by atoms with Gasteiger partial charge < -0.3 is 14.4 Å². The largest absolute Gasteiger partial charge is 0.493 e. The van der Waals surface area contributed by atoms with Gasteiger partial charge in [-0.1, -0.05) is 0 Å². The van der Waals surface area contributed by atoms with Gasteiger partial charge in [-0.3, -0.25) is 9.69 Å². The Morgan fingerprint density at radius 1 is 1.14 bits per heavy atom. The van der Waals surface area contributed by atoms with E-state index in [0.717, 1.165) is 29.7 Å². The zero-order valence-corrected chi connectivity index (χ0v) is 13.5. The number of amides is 1. The van der Waals surface area contributed by atoms with E-state index in [9.17, 15) is 4.79 Å². The van der Waals surface area contributed by atoms with E-state index in [2.05, 4.69) is 4.90 Å². The predicted octanol–water partition coefficient (Wildman–Crippen LogP) is 1.72. The van der Waals surface area contributed by atoms with Crippen LogP contribution in [0.5, 0.6) is 11.5 Å². The van der Waals surface area contributed by atoms with Crippen LogP contribution >= 0.6 is 12.2 Å². The quantitative estimate of drug-likeness (QED) is 0.794. The molecule has 4 rings (SSSR count). The van der Waals surface area contributed by atoms with Crippen molar-refractivity contribution in [3.05, 3.63) is 23.3 Å². The van der Waals surface area contributed by atoms with Gasteiger partial charge in [-0.15, -0.1) is 0 Å². The Labute approximate surface area is 134 Å². The van der Waals surface area contributed by atoms with Crippen LogP contribution in [0.25, 0.3) is 0 Å². The standard InChI is InChI=1S/C16H18N2O3S/c1-20-13-6-9-5-12-15(19)18(11-3-4-11)16(22)17(12)8-10(9)7-14(13)21-2/h6-7,11-12H,3-5,8H2,1-2H3/t12-/m1/s1. The van der Waals surface area contributed by atoms with Gasteiger partial charge in [0.25, 0.3) is 5.91 Å². The van der Waals surface area contributed by atoms with E-state index in [1.165, 1.54) is 0 Å². The van der Waals surface area contributed by atoms with Gasteiger partial charge in [-0.2, -0.15) is 0 Å². The van der Waals surface area contributed by atoms with Gasteiger partial charge in [-0.05, 0) is 48.3 Å². The maximum Gasteiger partial charge on any atom is 0.252 e. The number of benzene rings is 1. The lowest BCUT2D eigenvalue weighted by molar-refractivity contribution is -0.128. The maximum atomic E-state index is 12.7. The molecular formula is C16H18N2O3S. The van der Waals surface area contributed by atoms with Crippen LogP contribution in [0, 0.1) is 0 Å². The van der Waals surface area contributed by atoms with Crippen LogP contribution in [0.4, 0.5) is 0 Å². The molecule has 2 aliphatic heterocycles. The fraction of sp³-hybridized carbons (Fsp3) is 0.500. The molecule has 1 aliphatic carbocycles. The van der Waals surface area contributed by atoms with Crippen LogP contribution in [0.1, 0.15) is 24.0 Å². The molecule has 1 saturated heterocycles. The van der Waals surface area contributed by atoms with Crippen molar-refractivity contribution in [2.24, 2.45) is 0 Å². The number of methoxy groups -OCH3 is 2.